The van der Waals surface area contributed by atoms with E-state index in [1.807, 2.05) is 0 Å². The van der Waals surface area contributed by atoms with Gasteiger partial charge in [-0.3, -0.25) is 0 Å². The molecule has 0 saturated heterocycles. The second-order valence-electron chi connectivity index (χ2n) is 3.65. The molecule has 68 valence electrons. The fourth-order valence-electron chi connectivity index (χ4n) is 1.10. The number of aromatic nitrogens is 2. The molecule has 0 aliphatic rings. The van der Waals surface area contributed by atoms with E-state index in [0.717, 1.165) is 18.2 Å². The molecule has 0 fully saturated rings. The van der Waals surface area contributed by atoms with Crippen molar-refractivity contribution in [1.29, 1.82) is 0 Å². The highest BCUT2D eigenvalue weighted by Crippen LogP contribution is 2.20. The zero-order valence-corrected chi connectivity index (χ0v) is 7.95. The largest absolute Gasteiger partial charge is 0.428 e. The minimum Gasteiger partial charge on any atom is -0.428 e. The van der Waals surface area contributed by atoms with E-state index < -0.39 is 0 Å². The zero-order chi connectivity index (χ0) is 8.97. The van der Waals surface area contributed by atoms with Gasteiger partial charge in [0.05, 0.1) is 0 Å². The van der Waals surface area contributed by atoms with Gasteiger partial charge in [0.2, 0.25) is 12.3 Å². The molecule has 1 aromatic heterocycles. The summed E-state index contributed by atoms with van der Waals surface area (Å²) in [5.74, 6) is 1.90. The fourth-order valence-corrected chi connectivity index (χ4v) is 1.10. The summed E-state index contributed by atoms with van der Waals surface area (Å²) in [5, 5.41) is 7.53. The van der Waals surface area contributed by atoms with Crippen molar-refractivity contribution in [2.45, 2.75) is 39.5 Å². The Morgan fingerprint density at radius 3 is 2.58 bits per heavy atom. The van der Waals surface area contributed by atoms with Crippen molar-refractivity contribution in [2.24, 2.45) is 5.92 Å². The van der Waals surface area contributed by atoms with E-state index in [2.05, 4.69) is 31.0 Å². The third kappa shape index (κ3) is 2.64. The number of hydrogen-bond donors (Lipinski definition) is 0. The molecule has 1 aromatic rings. The molecule has 0 saturated carbocycles. The van der Waals surface area contributed by atoms with Gasteiger partial charge in [-0.1, -0.05) is 27.2 Å². The van der Waals surface area contributed by atoms with Gasteiger partial charge < -0.3 is 4.42 Å². The van der Waals surface area contributed by atoms with Gasteiger partial charge in [-0.25, -0.2) is 0 Å². The van der Waals surface area contributed by atoms with E-state index in [1.54, 1.807) is 0 Å². The molecular weight excluding hydrogens is 152 g/mol. The van der Waals surface area contributed by atoms with E-state index in [-0.39, 0.29) is 0 Å². The van der Waals surface area contributed by atoms with Crippen LogP contribution in [0.15, 0.2) is 10.8 Å². The van der Waals surface area contributed by atoms with Crippen LogP contribution in [0.1, 0.15) is 45.4 Å². The van der Waals surface area contributed by atoms with Crippen LogP contribution >= 0.6 is 0 Å². The van der Waals surface area contributed by atoms with Crippen LogP contribution in [0.4, 0.5) is 0 Å². The molecule has 0 aliphatic carbocycles. The Balaban J connectivity index is 2.34. The van der Waals surface area contributed by atoms with Crippen molar-refractivity contribution < 1.29 is 4.42 Å². The van der Waals surface area contributed by atoms with Gasteiger partial charge >= 0.3 is 0 Å². The number of hydrogen-bond acceptors (Lipinski definition) is 3. The predicted molar refractivity (Wildman–Crippen MR) is 46.8 cm³/mol. The van der Waals surface area contributed by atoms with Gasteiger partial charge in [-0.15, -0.1) is 10.2 Å². The molecule has 0 spiro atoms. The van der Waals surface area contributed by atoms with Crippen molar-refractivity contribution in [3.63, 3.8) is 0 Å². The maximum absolute atomic E-state index is 5.11. The molecule has 0 amide bonds. The lowest BCUT2D eigenvalue weighted by molar-refractivity contribution is 0.420. The third-order valence-electron chi connectivity index (χ3n) is 1.98. The topological polar surface area (TPSA) is 38.9 Å². The minimum atomic E-state index is 0.398. The molecule has 12 heavy (non-hydrogen) atoms. The molecule has 1 heterocycles. The van der Waals surface area contributed by atoms with E-state index in [4.69, 9.17) is 4.42 Å². The maximum atomic E-state index is 5.11. The second kappa shape index (κ2) is 4.24. The lowest BCUT2D eigenvalue weighted by Gasteiger charge is -2.07. The van der Waals surface area contributed by atoms with Crippen LogP contribution in [0, 0.1) is 5.92 Å². The van der Waals surface area contributed by atoms with Crippen LogP contribution in [0.25, 0.3) is 0 Å². The second-order valence-corrected chi connectivity index (χ2v) is 3.65. The molecule has 1 atom stereocenters. The van der Waals surface area contributed by atoms with E-state index >= 15 is 0 Å². The van der Waals surface area contributed by atoms with Crippen molar-refractivity contribution in [1.82, 2.24) is 10.2 Å². The highest BCUT2D eigenvalue weighted by atomic mass is 16.4. The monoisotopic (exact) mass is 168 g/mol. The summed E-state index contributed by atoms with van der Waals surface area (Å²) < 4.78 is 5.11. The van der Waals surface area contributed by atoms with Crippen LogP contribution in [-0.2, 0) is 0 Å². The molecule has 3 heteroatoms. The zero-order valence-electron chi connectivity index (χ0n) is 7.95. The summed E-state index contributed by atoms with van der Waals surface area (Å²) in [6.45, 7) is 6.57. The van der Waals surface area contributed by atoms with Crippen LogP contribution in [0.5, 0.6) is 0 Å². The molecule has 3 nitrogen and oxygen atoms in total. The molecule has 0 bridgehead atoms. The Morgan fingerprint density at radius 1 is 1.33 bits per heavy atom. The maximum Gasteiger partial charge on any atom is 0.219 e. The SMILES string of the molecule is CC(C)CCC(C)c1nnco1. The van der Waals surface area contributed by atoms with Crippen molar-refractivity contribution in [3.05, 3.63) is 12.3 Å². The number of nitrogens with zero attached hydrogens (tertiary/aromatic N) is 2. The molecule has 0 aromatic carbocycles. The third-order valence-corrected chi connectivity index (χ3v) is 1.98. The Bertz CT molecular complexity index is 206. The standard InChI is InChI=1S/C9H16N2O/c1-7(2)4-5-8(3)9-11-10-6-12-9/h6-8H,4-5H2,1-3H3. The smallest absolute Gasteiger partial charge is 0.219 e. The molecule has 0 radical (unpaired) electrons. The highest BCUT2D eigenvalue weighted by molar-refractivity contribution is 4.84. The first-order chi connectivity index (χ1) is 5.70. The van der Waals surface area contributed by atoms with E-state index in [9.17, 15) is 0 Å². The van der Waals surface area contributed by atoms with Crippen LogP contribution < -0.4 is 0 Å². The molecule has 0 aliphatic heterocycles. The first kappa shape index (κ1) is 9.23. The predicted octanol–water partition coefficient (Wildman–Crippen LogP) is 2.61. The van der Waals surface area contributed by atoms with Crippen LogP contribution in [0.3, 0.4) is 0 Å². The van der Waals surface area contributed by atoms with Crippen LogP contribution in [-0.4, -0.2) is 10.2 Å². The highest BCUT2D eigenvalue weighted by Gasteiger charge is 2.10. The van der Waals surface area contributed by atoms with Crippen molar-refractivity contribution >= 4 is 0 Å². The average molecular weight is 168 g/mol. The van der Waals surface area contributed by atoms with Crippen LogP contribution in [0.2, 0.25) is 0 Å². The quantitative estimate of drug-likeness (QED) is 0.693. The summed E-state index contributed by atoms with van der Waals surface area (Å²) >= 11 is 0. The summed E-state index contributed by atoms with van der Waals surface area (Å²) in [6.07, 6.45) is 3.73. The summed E-state index contributed by atoms with van der Waals surface area (Å²) in [7, 11) is 0. The summed E-state index contributed by atoms with van der Waals surface area (Å²) in [4.78, 5) is 0. The van der Waals surface area contributed by atoms with Gasteiger partial charge in [0, 0.05) is 5.92 Å². The van der Waals surface area contributed by atoms with Gasteiger partial charge in [0.25, 0.3) is 0 Å². The Kier molecular flexibility index (Phi) is 3.26. The molecular formula is C9H16N2O. The normalized spacial score (nSPS) is 13.7. The summed E-state index contributed by atoms with van der Waals surface area (Å²) in [5.41, 5.74) is 0. The first-order valence-electron chi connectivity index (χ1n) is 4.46. The lowest BCUT2D eigenvalue weighted by atomic mass is 9.99. The minimum absolute atomic E-state index is 0.398. The molecule has 1 rings (SSSR count). The van der Waals surface area contributed by atoms with Gasteiger partial charge in [0.15, 0.2) is 0 Å². The summed E-state index contributed by atoms with van der Waals surface area (Å²) in [6, 6.07) is 0. The first-order valence-corrected chi connectivity index (χ1v) is 4.46. The lowest BCUT2D eigenvalue weighted by Crippen LogP contribution is -1.97. The van der Waals surface area contributed by atoms with Gasteiger partial charge in [-0.05, 0) is 12.3 Å². The van der Waals surface area contributed by atoms with Crippen molar-refractivity contribution in [3.8, 4) is 0 Å². The van der Waals surface area contributed by atoms with Gasteiger partial charge in [-0.2, -0.15) is 0 Å². The van der Waals surface area contributed by atoms with Gasteiger partial charge in [0.1, 0.15) is 0 Å². The Morgan fingerprint density at radius 2 is 2.08 bits per heavy atom. The molecule has 1 unspecified atom stereocenters. The Labute approximate surface area is 73.2 Å². The van der Waals surface area contributed by atoms with E-state index in [1.165, 1.54) is 12.8 Å². The molecule has 0 N–H and O–H groups in total. The van der Waals surface area contributed by atoms with Crippen molar-refractivity contribution in [2.75, 3.05) is 0 Å². The fraction of sp³-hybridized carbons (Fsp3) is 0.778. The Hall–Kier alpha value is -0.860. The average Bonchev–Trinajstić information content (AvgIpc) is 2.51. The van der Waals surface area contributed by atoms with E-state index in [0.29, 0.717) is 5.92 Å². The number of rotatable bonds is 4.